The van der Waals surface area contributed by atoms with Gasteiger partial charge in [-0.1, -0.05) is 29.8 Å². The molecule has 0 bridgehead atoms. The van der Waals surface area contributed by atoms with Crippen LogP contribution in [0.4, 0.5) is 10.1 Å². The zero-order valence-electron chi connectivity index (χ0n) is 11.2. The molecule has 0 spiro atoms. The van der Waals surface area contributed by atoms with Crippen LogP contribution in [0.5, 0.6) is 0 Å². The fourth-order valence-corrected chi connectivity index (χ4v) is 1.93. The Balaban J connectivity index is 2.18. The van der Waals surface area contributed by atoms with Crippen LogP contribution in [0.15, 0.2) is 48.5 Å². The number of rotatable bonds is 4. The van der Waals surface area contributed by atoms with Crippen molar-refractivity contribution in [3.05, 3.63) is 70.5 Å². The minimum absolute atomic E-state index is 0.0724. The standard InChI is InChI=1S/C16H11ClFNO3/c17-11-6-7-12(16(21)22)14(9-11)19-15(20)8-5-10-3-1-2-4-13(10)18/h1-9H,(H,19,20)(H,21,22). The van der Waals surface area contributed by atoms with Gasteiger partial charge in [0.05, 0.1) is 11.3 Å². The molecule has 22 heavy (non-hydrogen) atoms. The summed E-state index contributed by atoms with van der Waals surface area (Å²) in [6.07, 6.45) is 2.42. The Labute approximate surface area is 130 Å². The van der Waals surface area contributed by atoms with E-state index < -0.39 is 17.7 Å². The van der Waals surface area contributed by atoms with E-state index in [9.17, 15) is 14.0 Å². The maximum absolute atomic E-state index is 13.4. The summed E-state index contributed by atoms with van der Waals surface area (Å²) in [5, 5.41) is 11.8. The minimum atomic E-state index is -1.19. The van der Waals surface area contributed by atoms with E-state index >= 15 is 0 Å². The van der Waals surface area contributed by atoms with Crippen molar-refractivity contribution in [1.82, 2.24) is 0 Å². The molecule has 0 aliphatic rings. The number of benzene rings is 2. The first-order valence-electron chi connectivity index (χ1n) is 6.24. The summed E-state index contributed by atoms with van der Waals surface area (Å²) in [5.41, 5.74) is 0.238. The van der Waals surface area contributed by atoms with Gasteiger partial charge >= 0.3 is 5.97 Å². The first-order chi connectivity index (χ1) is 10.5. The van der Waals surface area contributed by atoms with E-state index in [0.29, 0.717) is 5.02 Å². The number of carboxylic acids is 1. The lowest BCUT2D eigenvalue weighted by atomic mass is 10.1. The lowest BCUT2D eigenvalue weighted by molar-refractivity contribution is -0.111. The van der Waals surface area contributed by atoms with Crippen molar-refractivity contribution in [3.63, 3.8) is 0 Å². The van der Waals surface area contributed by atoms with Gasteiger partial charge in [-0.15, -0.1) is 0 Å². The molecule has 2 rings (SSSR count). The molecule has 0 aliphatic heterocycles. The highest BCUT2D eigenvalue weighted by Crippen LogP contribution is 2.21. The molecule has 0 aromatic heterocycles. The summed E-state index contributed by atoms with van der Waals surface area (Å²) < 4.78 is 13.4. The Morgan fingerprint density at radius 3 is 2.59 bits per heavy atom. The fraction of sp³-hybridized carbons (Fsp3) is 0. The van der Waals surface area contributed by atoms with Crippen LogP contribution >= 0.6 is 11.6 Å². The number of nitrogens with one attached hydrogen (secondary N) is 1. The van der Waals surface area contributed by atoms with Crippen LogP contribution in [0.3, 0.4) is 0 Å². The van der Waals surface area contributed by atoms with Crippen molar-refractivity contribution in [3.8, 4) is 0 Å². The molecule has 1 amide bonds. The van der Waals surface area contributed by atoms with Crippen LogP contribution in [0.2, 0.25) is 5.02 Å². The summed E-state index contributed by atoms with van der Waals surface area (Å²) in [6.45, 7) is 0. The first kappa shape index (κ1) is 15.7. The number of aromatic carboxylic acids is 1. The van der Waals surface area contributed by atoms with Crippen LogP contribution in [0.1, 0.15) is 15.9 Å². The van der Waals surface area contributed by atoms with Crippen molar-refractivity contribution in [2.45, 2.75) is 0 Å². The summed E-state index contributed by atoms with van der Waals surface area (Å²) in [7, 11) is 0. The number of hydrogen-bond acceptors (Lipinski definition) is 2. The van der Waals surface area contributed by atoms with Gasteiger partial charge in [0.15, 0.2) is 0 Å². The average molecular weight is 320 g/mol. The third-order valence-electron chi connectivity index (χ3n) is 2.79. The zero-order chi connectivity index (χ0) is 16.1. The molecule has 112 valence electrons. The molecule has 0 unspecified atom stereocenters. The predicted octanol–water partition coefficient (Wildman–Crippen LogP) is 3.83. The Kier molecular flexibility index (Phi) is 4.91. The second-order valence-corrected chi connectivity index (χ2v) is 4.78. The van der Waals surface area contributed by atoms with Crippen LogP contribution in [0.25, 0.3) is 6.08 Å². The molecule has 0 radical (unpaired) electrons. The lowest BCUT2D eigenvalue weighted by Crippen LogP contribution is -2.12. The number of hydrogen-bond donors (Lipinski definition) is 2. The number of carbonyl (C=O) groups excluding carboxylic acids is 1. The maximum atomic E-state index is 13.4. The average Bonchev–Trinajstić information content (AvgIpc) is 2.46. The molecule has 2 aromatic carbocycles. The number of amides is 1. The van der Waals surface area contributed by atoms with Crippen molar-refractivity contribution < 1.29 is 19.1 Å². The van der Waals surface area contributed by atoms with Gasteiger partial charge in [0.25, 0.3) is 0 Å². The number of halogens is 2. The smallest absolute Gasteiger partial charge is 0.337 e. The van der Waals surface area contributed by atoms with E-state index in [-0.39, 0.29) is 16.8 Å². The van der Waals surface area contributed by atoms with Gasteiger partial charge in [-0.3, -0.25) is 4.79 Å². The fourth-order valence-electron chi connectivity index (χ4n) is 1.76. The van der Waals surface area contributed by atoms with E-state index in [1.54, 1.807) is 6.07 Å². The first-order valence-corrected chi connectivity index (χ1v) is 6.61. The Morgan fingerprint density at radius 2 is 1.91 bits per heavy atom. The Hall–Kier alpha value is -2.66. The second-order valence-electron chi connectivity index (χ2n) is 4.34. The van der Waals surface area contributed by atoms with Crippen LogP contribution < -0.4 is 5.32 Å². The Bertz CT molecular complexity index is 759. The third kappa shape index (κ3) is 3.93. The lowest BCUT2D eigenvalue weighted by Gasteiger charge is -2.07. The highest BCUT2D eigenvalue weighted by Gasteiger charge is 2.12. The number of carbonyl (C=O) groups is 2. The molecular weight excluding hydrogens is 309 g/mol. The highest BCUT2D eigenvalue weighted by molar-refractivity contribution is 6.31. The summed E-state index contributed by atoms with van der Waals surface area (Å²) >= 11 is 5.79. The van der Waals surface area contributed by atoms with E-state index in [2.05, 4.69) is 5.32 Å². The highest BCUT2D eigenvalue weighted by atomic mass is 35.5. The SMILES string of the molecule is O=C(C=Cc1ccccc1F)Nc1cc(Cl)ccc1C(=O)O. The summed E-state index contributed by atoms with van der Waals surface area (Å²) in [4.78, 5) is 22.9. The van der Waals surface area contributed by atoms with Gasteiger partial charge in [0.2, 0.25) is 5.91 Å². The van der Waals surface area contributed by atoms with Crippen LogP contribution in [-0.4, -0.2) is 17.0 Å². The van der Waals surface area contributed by atoms with Crippen LogP contribution in [-0.2, 0) is 4.79 Å². The van der Waals surface area contributed by atoms with Gasteiger partial charge in [-0.2, -0.15) is 0 Å². The molecule has 0 atom stereocenters. The van der Waals surface area contributed by atoms with Gasteiger partial charge < -0.3 is 10.4 Å². The molecule has 6 heteroatoms. The molecular formula is C16H11ClFNO3. The van der Waals surface area contributed by atoms with Crippen molar-refractivity contribution in [1.29, 1.82) is 0 Å². The Morgan fingerprint density at radius 1 is 1.18 bits per heavy atom. The van der Waals surface area contributed by atoms with E-state index in [0.717, 1.165) is 6.08 Å². The topological polar surface area (TPSA) is 66.4 Å². The van der Waals surface area contributed by atoms with E-state index in [4.69, 9.17) is 16.7 Å². The van der Waals surface area contributed by atoms with Crippen molar-refractivity contribution in [2.24, 2.45) is 0 Å². The van der Waals surface area contributed by atoms with Crippen molar-refractivity contribution in [2.75, 3.05) is 5.32 Å². The number of carboxylic acid groups (broad SMARTS) is 1. The summed E-state index contributed by atoms with van der Waals surface area (Å²) in [6, 6.07) is 10.0. The monoisotopic (exact) mass is 319 g/mol. The largest absolute Gasteiger partial charge is 0.478 e. The molecule has 2 N–H and O–H groups in total. The molecule has 4 nitrogen and oxygen atoms in total. The third-order valence-corrected chi connectivity index (χ3v) is 3.02. The quantitative estimate of drug-likeness (QED) is 0.842. The minimum Gasteiger partial charge on any atom is -0.478 e. The van der Waals surface area contributed by atoms with Gasteiger partial charge in [-0.25, -0.2) is 9.18 Å². The molecule has 0 saturated carbocycles. The second kappa shape index (κ2) is 6.87. The van der Waals surface area contributed by atoms with Gasteiger partial charge in [-0.05, 0) is 30.3 Å². The predicted molar refractivity (Wildman–Crippen MR) is 82.5 cm³/mol. The molecule has 0 fully saturated rings. The van der Waals surface area contributed by atoms with E-state index in [1.807, 2.05) is 0 Å². The zero-order valence-corrected chi connectivity index (χ0v) is 12.0. The molecule has 0 saturated heterocycles. The van der Waals surface area contributed by atoms with Gasteiger partial charge in [0.1, 0.15) is 5.82 Å². The molecule has 0 heterocycles. The molecule has 2 aromatic rings. The maximum Gasteiger partial charge on any atom is 0.337 e. The van der Waals surface area contributed by atoms with Gasteiger partial charge in [0, 0.05) is 16.7 Å². The molecule has 0 aliphatic carbocycles. The van der Waals surface area contributed by atoms with E-state index in [1.165, 1.54) is 42.5 Å². The van der Waals surface area contributed by atoms with Crippen LogP contribution in [0, 0.1) is 5.82 Å². The number of anilines is 1. The normalized spacial score (nSPS) is 10.6. The summed E-state index contributed by atoms with van der Waals surface area (Å²) in [5.74, 6) is -2.24. The van der Waals surface area contributed by atoms with Crippen molar-refractivity contribution >= 4 is 35.2 Å².